The Labute approximate surface area is 164 Å². The van der Waals surface area contributed by atoms with Crippen LogP contribution in [0.1, 0.15) is 25.8 Å². The molecule has 1 aromatic carbocycles. The van der Waals surface area contributed by atoms with E-state index in [1.54, 1.807) is 19.1 Å². The summed E-state index contributed by atoms with van der Waals surface area (Å²) in [6.45, 7) is 4.89. The molecule has 0 radical (unpaired) electrons. The van der Waals surface area contributed by atoms with Gasteiger partial charge in [-0.05, 0) is 25.0 Å². The highest BCUT2D eigenvalue weighted by atomic mass is 32.2. The number of likely N-dealkylation sites (N-methyl/N-ethyl adjacent to an activating group) is 1. The number of primary amides is 1. The zero-order valence-electron chi connectivity index (χ0n) is 16.4. The Balaban J connectivity index is 2.68. The molecule has 0 unspecified atom stereocenters. The molecule has 0 spiro atoms. The Morgan fingerprint density at radius 1 is 1.14 bits per heavy atom. The molecule has 0 aliphatic heterocycles. The van der Waals surface area contributed by atoms with E-state index in [-0.39, 0.29) is 10.8 Å². The number of rotatable bonds is 8. The van der Waals surface area contributed by atoms with E-state index in [1.165, 1.54) is 19.2 Å². The number of nitrogens with two attached hydrogens (primary N) is 1. The average molecular weight is 414 g/mol. The lowest BCUT2D eigenvalue weighted by molar-refractivity contribution is -0.130. The van der Waals surface area contributed by atoms with Crippen LogP contribution in [-0.2, 0) is 19.6 Å². The van der Waals surface area contributed by atoms with Crippen LogP contribution >= 0.6 is 0 Å². The fraction of sp³-hybridized carbons (Fsp3) is 0.471. The number of urea groups is 1. The van der Waals surface area contributed by atoms with Gasteiger partial charge in [-0.15, -0.1) is 0 Å². The summed E-state index contributed by atoms with van der Waals surface area (Å²) < 4.78 is 25.8. The van der Waals surface area contributed by atoms with Crippen molar-refractivity contribution >= 4 is 27.9 Å². The molecule has 1 rings (SSSR count). The molecule has 0 aromatic heterocycles. The molecule has 0 saturated carbocycles. The van der Waals surface area contributed by atoms with Crippen molar-refractivity contribution in [2.24, 2.45) is 11.7 Å². The summed E-state index contributed by atoms with van der Waals surface area (Å²) in [7, 11) is -2.60. The second-order valence-corrected chi connectivity index (χ2v) is 8.53. The first-order chi connectivity index (χ1) is 13.0. The zero-order valence-corrected chi connectivity index (χ0v) is 17.2. The minimum Gasteiger partial charge on any atom is -0.352 e. The van der Waals surface area contributed by atoms with Crippen LogP contribution in [0.3, 0.4) is 0 Å². The highest BCUT2D eigenvalue weighted by molar-refractivity contribution is 7.89. The number of hydrogen-bond donors (Lipinski definition) is 4. The second kappa shape index (κ2) is 10.0. The number of carbonyl (C=O) groups is 3. The molecule has 28 heavy (non-hydrogen) atoms. The van der Waals surface area contributed by atoms with E-state index in [4.69, 9.17) is 5.73 Å². The van der Waals surface area contributed by atoms with Crippen molar-refractivity contribution in [2.45, 2.75) is 38.1 Å². The minimum absolute atomic E-state index is 0.0555. The maximum absolute atomic E-state index is 12.5. The van der Waals surface area contributed by atoms with E-state index in [0.717, 1.165) is 9.87 Å². The van der Waals surface area contributed by atoms with Gasteiger partial charge in [-0.25, -0.2) is 13.2 Å². The summed E-state index contributed by atoms with van der Waals surface area (Å²) in [6.07, 6.45) is 0.587. The van der Waals surface area contributed by atoms with Crippen molar-refractivity contribution in [2.75, 3.05) is 13.6 Å². The number of amides is 4. The third-order valence-corrected chi connectivity index (χ3v) is 6.03. The van der Waals surface area contributed by atoms with Gasteiger partial charge in [0.05, 0.1) is 11.4 Å². The third-order valence-electron chi connectivity index (χ3n) is 4.21. The van der Waals surface area contributed by atoms with Crippen molar-refractivity contribution in [1.29, 1.82) is 0 Å². The molecule has 0 bridgehead atoms. The number of sulfonamides is 1. The summed E-state index contributed by atoms with van der Waals surface area (Å²) in [4.78, 5) is 35.3. The first kappa shape index (κ1) is 23.4. The molecule has 0 aliphatic rings. The van der Waals surface area contributed by atoms with Crippen LogP contribution in [-0.4, -0.2) is 50.2 Å². The maximum atomic E-state index is 12.5. The van der Waals surface area contributed by atoms with Crippen LogP contribution < -0.4 is 21.9 Å². The summed E-state index contributed by atoms with van der Waals surface area (Å²) >= 11 is 0. The van der Waals surface area contributed by atoms with Gasteiger partial charge in [0.25, 0.3) is 11.8 Å². The van der Waals surface area contributed by atoms with E-state index >= 15 is 0 Å². The fourth-order valence-electron chi connectivity index (χ4n) is 2.28. The first-order valence-electron chi connectivity index (χ1n) is 8.66. The summed E-state index contributed by atoms with van der Waals surface area (Å²) in [5.74, 6) is -1.63. The normalized spacial score (nSPS) is 13.5. The van der Waals surface area contributed by atoms with Crippen molar-refractivity contribution < 1.29 is 22.8 Å². The third kappa shape index (κ3) is 6.50. The number of carbonyl (C=O) groups excluding carboxylic acids is 3. The highest BCUT2D eigenvalue weighted by Crippen LogP contribution is 2.14. The van der Waals surface area contributed by atoms with E-state index in [1.807, 2.05) is 13.8 Å². The molecule has 11 heteroatoms. The molecule has 5 N–H and O–H groups in total. The number of hydrazine groups is 1. The van der Waals surface area contributed by atoms with Crippen molar-refractivity contribution in [3.05, 3.63) is 29.8 Å². The van der Waals surface area contributed by atoms with Crippen LogP contribution in [0.15, 0.2) is 29.2 Å². The smallest absolute Gasteiger partial charge is 0.312 e. The Bertz CT molecular complexity index is 810. The minimum atomic E-state index is -3.85. The van der Waals surface area contributed by atoms with Crippen LogP contribution in [0.4, 0.5) is 4.79 Å². The molecule has 10 nitrogen and oxygen atoms in total. The molecular weight excluding hydrogens is 386 g/mol. The lowest BCUT2D eigenvalue weighted by Crippen LogP contribution is -2.56. The van der Waals surface area contributed by atoms with Gasteiger partial charge in [0.1, 0.15) is 6.04 Å². The van der Waals surface area contributed by atoms with Gasteiger partial charge >= 0.3 is 6.03 Å². The Kier molecular flexibility index (Phi) is 8.38. The van der Waals surface area contributed by atoms with Gasteiger partial charge in [-0.3, -0.25) is 20.4 Å². The molecule has 1 aromatic rings. The largest absolute Gasteiger partial charge is 0.352 e. The van der Waals surface area contributed by atoms with E-state index in [2.05, 4.69) is 16.2 Å². The first-order valence-corrected chi connectivity index (χ1v) is 10.1. The topological polar surface area (TPSA) is 151 Å². The SMILES string of the molecule is CC[C@@H](C)[C@H](NC(N)=O)C(=O)NNC(=O)CN(C)S(=O)(=O)c1ccc(C)cc1. The number of hydrogen-bond acceptors (Lipinski definition) is 5. The van der Waals surface area contributed by atoms with Crippen LogP contribution in [0.5, 0.6) is 0 Å². The predicted molar refractivity (Wildman–Crippen MR) is 103 cm³/mol. The zero-order chi connectivity index (χ0) is 21.5. The fourth-order valence-corrected chi connectivity index (χ4v) is 3.41. The summed E-state index contributed by atoms with van der Waals surface area (Å²) in [6, 6.07) is 4.41. The Hall–Kier alpha value is -2.66. The molecular formula is C17H27N5O5S. The maximum Gasteiger partial charge on any atom is 0.312 e. The molecule has 0 aliphatic carbocycles. The number of nitrogens with zero attached hydrogens (tertiary/aromatic N) is 1. The number of nitrogens with one attached hydrogen (secondary N) is 3. The molecule has 0 saturated heterocycles. The predicted octanol–water partition coefficient (Wildman–Crippen LogP) is -0.154. The average Bonchev–Trinajstić information content (AvgIpc) is 2.63. The molecule has 0 heterocycles. The monoisotopic (exact) mass is 413 g/mol. The highest BCUT2D eigenvalue weighted by Gasteiger charge is 2.26. The lowest BCUT2D eigenvalue weighted by atomic mass is 9.99. The van der Waals surface area contributed by atoms with Crippen LogP contribution in [0, 0.1) is 12.8 Å². The number of benzene rings is 1. The Morgan fingerprint density at radius 2 is 1.71 bits per heavy atom. The van der Waals surface area contributed by atoms with Gasteiger partial charge < -0.3 is 11.1 Å². The van der Waals surface area contributed by atoms with Crippen LogP contribution in [0.2, 0.25) is 0 Å². The standard InChI is InChI=1S/C17H27N5O5S/c1-5-12(3)15(19-17(18)25)16(24)21-20-14(23)10-22(4)28(26,27)13-8-6-11(2)7-9-13/h6-9,12,15H,5,10H2,1-4H3,(H,20,23)(H,21,24)(H3,18,19,25)/t12-,15+/m1/s1. The van der Waals surface area contributed by atoms with Gasteiger partial charge in [0.2, 0.25) is 10.0 Å². The summed E-state index contributed by atoms with van der Waals surface area (Å²) in [5, 5.41) is 2.31. The second-order valence-electron chi connectivity index (χ2n) is 6.48. The van der Waals surface area contributed by atoms with Crippen molar-refractivity contribution in [3.63, 3.8) is 0 Å². The van der Waals surface area contributed by atoms with Crippen LogP contribution in [0.25, 0.3) is 0 Å². The van der Waals surface area contributed by atoms with E-state index in [0.29, 0.717) is 6.42 Å². The van der Waals surface area contributed by atoms with Gasteiger partial charge in [0, 0.05) is 7.05 Å². The lowest BCUT2D eigenvalue weighted by Gasteiger charge is -2.23. The van der Waals surface area contributed by atoms with Crippen molar-refractivity contribution in [3.8, 4) is 0 Å². The van der Waals surface area contributed by atoms with Gasteiger partial charge in [-0.1, -0.05) is 38.0 Å². The number of aryl methyl sites for hydroxylation is 1. The molecule has 156 valence electrons. The van der Waals surface area contributed by atoms with E-state index < -0.39 is 40.5 Å². The summed E-state index contributed by atoms with van der Waals surface area (Å²) in [5.41, 5.74) is 10.3. The van der Waals surface area contributed by atoms with Gasteiger partial charge in [0.15, 0.2) is 0 Å². The van der Waals surface area contributed by atoms with Gasteiger partial charge in [-0.2, -0.15) is 4.31 Å². The molecule has 0 fully saturated rings. The quantitative estimate of drug-likeness (QED) is 0.437. The van der Waals surface area contributed by atoms with E-state index in [9.17, 15) is 22.8 Å². The van der Waals surface area contributed by atoms with Crippen molar-refractivity contribution in [1.82, 2.24) is 20.5 Å². The molecule has 2 atom stereocenters. The molecule has 4 amide bonds. The Morgan fingerprint density at radius 3 is 2.21 bits per heavy atom.